The topological polar surface area (TPSA) is 179 Å². The molecular formula is C20H30N8O6. The number of H-pyrrole nitrogens is 1. The number of nitrogens with zero attached hydrogens (tertiary/aromatic N) is 4. The highest BCUT2D eigenvalue weighted by molar-refractivity contribution is 5.78. The van der Waals surface area contributed by atoms with E-state index >= 15 is 0 Å². The summed E-state index contributed by atoms with van der Waals surface area (Å²) in [6, 6.07) is 0. The molecule has 0 spiro atoms. The number of carbonyl (C=O) groups is 2. The maximum atomic E-state index is 13.0. The lowest BCUT2D eigenvalue weighted by atomic mass is 10.2. The van der Waals surface area contributed by atoms with Crippen LogP contribution in [0.25, 0.3) is 11.2 Å². The minimum Gasteiger partial charge on any atom is -0.447 e. The number of hydrogen-bond acceptors (Lipinski definition) is 9. The molecule has 0 saturated carbocycles. The van der Waals surface area contributed by atoms with Crippen LogP contribution in [-0.4, -0.2) is 82.4 Å². The van der Waals surface area contributed by atoms with Gasteiger partial charge in [-0.25, -0.2) is 14.2 Å². The van der Waals surface area contributed by atoms with Crippen molar-refractivity contribution < 1.29 is 19.1 Å². The Bertz CT molecular complexity index is 1170. The maximum Gasteiger partial charge on any atom is 0.409 e. The predicted molar refractivity (Wildman–Crippen MR) is 123 cm³/mol. The van der Waals surface area contributed by atoms with Crippen molar-refractivity contribution in [2.45, 2.75) is 31.7 Å². The molecular weight excluding hydrogens is 448 g/mol. The van der Waals surface area contributed by atoms with Gasteiger partial charge in [-0.05, 0) is 19.9 Å². The first-order valence-electron chi connectivity index (χ1n) is 10.8. The number of fused-ring (bicyclic) bond motifs is 1. The summed E-state index contributed by atoms with van der Waals surface area (Å²) in [5.41, 5.74) is 4.89. The third-order valence-electron chi connectivity index (χ3n) is 5.33. The molecule has 186 valence electrons. The predicted octanol–water partition coefficient (Wildman–Crippen LogP) is -1.26. The number of hydrogen-bond donors (Lipinski definition) is 4. The first kappa shape index (κ1) is 25.0. The van der Waals surface area contributed by atoms with Crippen molar-refractivity contribution in [3.8, 4) is 0 Å². The molecule has 5 N–H and O–H groups in total. The first-order chi connectivity index (χ1) is 16.3. The van der Waals surface area contributed by atoms with E-state index in [1.165, 1.54) is 20.1 Å². The lowest BCUT2D eigenvalue weighted by Gasteiger charge is -2.19. The molecule has 3 rings (SSSR count). The van der Waals surface area contributed by atoms with E-state index in [0.29, 0.717) is 19.4 Å². The number of ether oxygens (including phenoxy) is 2. The van der Waals surface area contributed by atoms with Gasteiger partial charge < -0.3 is 30.7 Å². The van der Waals surface area contributed by atoms with E-state index in [0.717, 1.165) is 0 Å². The smallest absolute Gasteiger partial charge is 0.409 e. The van der Waals surface area contributed by atoms with Crippen LogP contribution < -0.4 is 27.6 Å². The van der Waals surface area contributed by atoms with Crippen LogP contribution in [0.1, 0.15) is 19.1 Å². The number of aromatic nitrogens is 4. The summed E-state index contributed by atoms with van der Waals surface area (Å²) in [4.78, 5) is 57.0. The molecule has 2 aromatic rings. The quantitative estimate of drug-likeness (QED) is 0.303. The van der Waals surface area contributed by atoms with E-state index in [1.807, 2.05) is 0 Å². The molecule has 1 aliphatic heterocycles. The van der Waals surface area contributed by atoms with Gasteiger partial charge in [0.15, 0.2) is 11.2 Å². The van der Waals surface area contributed by atoms with Gasteiger partial charge in [-0.15, -0.1) is 6.58 Å². The molecule has 2 unspecified atom stereocenters. The lowest BCUT2D eigenvalue weighted by Crippen LogP contribution is -2.39. The number of amides is 2. The molecule has 1 fully saturated rings. The summed E-state index contributed by atoms with van der Waals surface area (Å²) in [5.74, 6) is -0.284. The van der Waals surface area contributed by atoms with Crippen LogP contribution in [0.2, 0.25) is 0 Å². The van der Waals surface area contributed by atoms with Crippen molar-refractivity contribution in [1.29, 1.82) is 0 Å². The van der Waals surface area contributed by atoms with Crippen LogP contribution in [0, 0.1) is 0 Å². The second kappa shape index (κ2) is 11.0. The molecule has 0 aromatic carbocycles. The molecule has 2 aromatic heterocycles. The average molecular weight is 479 g/mol. The molecule has 2 atom stereocenters. The zero-order valence-electron chi connectivity index (χ0n) is 19.2. The second-order valence-electron chi connectivity index (χ2n) is 7.84. The molecule has 2 amide bonds. The second-order valence-corrected chi connectivity index (χ2v) is 7.84. The standard InChI is InChI=1S/C20H30N8O6/c1-4-8-27-15-16(24-18(21)25-17(15)30)28(19(27)31)14-6-5-12(34-14)11-33-20(32)26(3)9-7-23-13(29)10-22-2/h4,12,14,22H,1,5-11H2,2-3H3,(H,23,29)(H3,21,24,25,30). The number of nitrogens with one attached hydrogen (secondary N) is 3. The van der Waals surface area contributed by atoms with E-state index in [1.54, 1.807) is 14.1 Å². The van der Waals surface area contributed by atoms with E-state index in [-0.39, 0.29) is 49.3 Å². The first-order valence-corrected chi connectivity index (χ1v) is 10.8. The van der Waals surface area contributed by atoms with Crippen LogP contribution in [0.15, 0.2) is 22.2 Å². The number of aromatic amines is 1. The van der Waals surface area contributed by atoms with Gasteiger partial charge in [-0.1, -0.05) is 6.08 Å². The number of imidazole rings is 1. The summed E-state index contributed by atoms with van der Waals surface area (Å²) in [5, 5.41) is 5.41. The molecule has 14 heteroatoms. The van der Waals surface area contributed by atoms with E-state index < -0.39 is 29.7 Å². The monoisotopic (exact) mass is 478 g/mol. The number of allylic oxidation sites excluding steroid dienone is 1. The van der Waals surface area contributed by atoms with Gasteiger partial charge in [-0.3, -0.25) is 19.1 Å². The average Bonchev–Trinajstić information content (AvgIpc) is 3.34. The summed E-state index contributed by atoms with van der Waals surface area (Å²) in [7, 11) is 3.23. The fourth-order valence-electron chi connectivity index (χ4n) is 3.71. The van der Waals surface area contributed by atoms with Crippen molar-refractivity contribution >= 4 is 29.1 Å². The fraction of sp³-hybridized carbons (Fsp3) is 0.550. The zero-order valence-corrected chi connectivity index (χ0v) is 19.2. The van der Waals surface area contributed by atoms with E-state index in [4.69, 9.17) is 15.2 Å². The lowest BCUT2D eigenvalue weighted by molar-refractivity contribution is -0.120. The largest absolute Gasteiger partial charge is 0.447 e. The number of likely N-dealkylation sites (N-methyl/N-ethyl adjacent to an activating group) is 2. The minimum atomic E-state index is -0.696. The Labute approximate surface area is 194 Å². The minimum absolute atomic E-state index is 0.0119. The molecule has 1 aliphatic rings. The number of carbonyl (C=O) groups excluding carboxylic acids is 2. The van der Waals surface area contributed by atoms with E-state index in [9.17, 15) is 19.2 Å². The van der Waals surface area contributed by atoms with Gasteiger partial charge in [0.05, 0.1) is 12.6 Å². The Hall–Kier alpha value is -3.65. The summed E-state index contributed by atoms with van der Waals surface area (Å²) < 4.78 is 13.8. The Kier molecular flexibility index (Phi) is 8.07. The third-order valence-corrected chi connectivity index (χ3v) is 5.33. The molecule has 0 aliphatic carbocycles. The molecule has 0 bridgehead atoms. The normalized spacial score (nSPS) is 17.6. The number of anilines is 1. The van der Waals surface area contributed by atoms with Crippen LogP contribution >= 0.6 is 0 Å². The zero-order chi connectivity index (χ0) is 24.8. The van der Waals surface area contributed by atoms with Crippen LogP contribution in [-0.2, 0) is 20.8 Å². The third kappa shape index (κ3) is 5.46. The van der Waals surface area contributed by atoms with Gasteiger partial charge in [0.25, 0.3) is 5.56 Å². The molecule has 34 heavy (non-hydrogen) atoms. The number of nitrogen functional groups attached to an aromatic ring is 1. The SMILES string of the molecule is C=CCn1c(=O)n(C2CCC(COC(=O)N(C)CCNC(=O)CNC)O2)c2nc(N)[nH]c(=O)c21. The van der Waals surface area contributed by atoms with Crippen LogP contribution in [0.3, 0.4) is 0 Å². The molecule has 3 heterocycles. The molecule has 1 saturated heterocycles. The Balaban J connectivity index is 1.62. The van der Waals surface area contributed by atoms with Gasteiger partial charge >= 0.3 is 11.8 Å². The highest BCUT2D eigenvalue weighted by Crippen LogP contribution is 2.29. The van der Waals surface area contributed by atoms with Gasteiger partial charge in [0.1, 0.15) is 12.8 Å². The highest BCUT2D eigenvalue weighted by Gasteiger charge is 2.32. The van der Waals surface area contributed by atoms with Crippen molar-refractivity contribution in [2.75, 3.05) is 46.1 Å². The summed E-state index contributed by atoms with van der Waals surface area (Å²) >= 11 is 0. The molecule has 14 nitrogen and oxygen atoms in total. The van der Waals surface area contributed by atoms with Crippen molar-refractivity contribution in [2.24, 2.45) is 0 Å². The van der Waals surface area contributed by atoms with Crippen molar-refractivity contribution in [1.82, 2.24) is 34.6 Å². The number of rotatable bonds is 10. The summed E-state index contributed by atoms with van der Waals surface area (Å²) in [6.45, 7) is 4.50. The van der Waals surface area contributed by atoms with Crippen LogP contribution in [0.5, 0.6) is 0 Å². The van der Waals surface area contributed by atoms with Gasteiger partial charge in [0.2, 0.25) is 11.9 Å². The Morgan fingerprint density at radius 2 is 2.18 bits per heavy atom. The van der Waals surface area contributed by atoms with Crippen molar-refractivity contribution in [3.05, 3.63) is 33.5 Å². The van der Waals surface area contributed by atoms with Gasteiger partial charge in [0, 0.05) is 26.7 Å². The number of nitrogens with two attached hydrogens (primary N) is 1. The fourth-order valence-corrected chi connectivity index (χ4v) is 3.71. The molecule has 0 radical (unpaired) electrons. The van der Waals surface area contributed by atoms with Crippen molar-refractivity contribution in [3.63, 3.8) is 0 Å². The Morgan fingerprint density at radius 1 is 1.41 bits per heavy atom. The van der Waals surface area contributed by atoms with Crippen LogP contribution in [0.4, 0.5) is 10.7 Å². The Morgan fingerprint density at radius 3 is 2.88 bits per heavy atom. The summed E-state index contributed by atoms with van der Waals surface area (Å²) in [6.07, 6.45) is 0.787. The maximum absolute atomic E-state index is 13.0. The van der Waals surface area contributed by atoms with E-state index in [2.05, 4.69) is 27.2 Å². The highest BCUT2D eigenvalue weighted by atomic mass is 16.6. The van der Waals surface area contributed by atoms with Gasteiger partial charge in [-0.2, -0.15) is 4.98 Å².